The average molecular weight is 474 g/mol. The van der Waals surface area contributed by atoms with E-state index in [0.29, 0.717) is 29.3 Å². The first-order valence-corrected chi connectivity index (χ1v) is 11.3. The molecule has 0 aliphatic carbocycles. The summed E-state index contributed by atoms with van der Waals surface area (Å²) in [5, 5.41) is 2.59. The number of anilines is 2. The normalized spacial score (nSPS) is 10.9. The SMILES string of the molecule is CCOc1ccc(NS(=O)(=O)c2cc(C(=O)Nc3ccc(C(N)=O)cc3)ccc2Cl)cc1. The van der Waals surface area contributed by atoms with Crippen molar-refractivity contribution in [2.24, 2.45) is 5.73 Å². The Kier molecular flexibility index (Phi) is 7.01. The molecule has 0 heterocycles. The van der Waals surface area contributed by atoms with E-state index in [0.717, 1.165) is 0 Å². The fourth-order valence-electron chi connectivity index (χ4n) is 2.77. The van der Waals surface area contributed by atoms with E-state index in [1.807, 2.05) is 6.92 Å². The molecule has 0 aliphatic heterocycles. The number of amides is 2. The van der Waals surface area contributed by atoms with E-state index in [4.69, 9.17) is 22.1 Å². The molecule has 0 bridgehead atoms. The van der Waals surface area contributed by atoms with Crippen LogP contribution in [0.3, 0.4) is 0 Å². The van der Waals surface area contributed by atoms with Gasteiger partial charge in [0.15, 0.2) is 0 Å². The van der Waals surface area contributed by atoms with Crippen LogP contribution >= 0.6 is 11.6 Å². The number of ether oxygens (including phenoxy) is 1. The molecule has 0 radical (unpaired) electrons. The molecule has 3 rings (SSSR count). The van der Waals surface area contributed by atoms with E-state index in [9.17, 15) is 18.0 Å². The molecule has 0 atom stereocenters. The highest BCUT2D eigenvalue weighted by molar-refractivity contribution is 7.92. The van der Waals surface area contributed by atoms with Gasteiger partial charge in [-0.25, -0.2) is 8.42 Å². The molecule has 0 spiro atoms. The second kappa shape index (κ2) is 9.71. The quantitative estimate of drug-likeness (QED) is 0.457. The largest absolute Gasteiger partial charge is 0.494 e. The second-order valence-corrected chi connectivity index (χ2v) is 8.66. The van der Waals surface area contributed by atoms with Crippen LogP contribution in [-0.4, -0.2) is 26.8 Å². The lowest BCUT2D eigenvalue weighted by atomic mass is 10.1. The summed E-state index contributed by atoms with van der Waals surface area (Å²) in [5.41, 5.74) is 6.30. The standard InChI is InChI=1S/C22H20ClN3O5S/c1-2-31-18-10-8-17(9-11-18)26-32(29,30)20-13-15(5-12-19(20)23)22(28)25-16-6-3-14(4-7-16)21(24)27/h3-13,26H,2H2,1H3,(H2,24,27)(H,25,28). The molecule has 0 aromatic heterocycles. The van der Waals surface area contributed by atoms with Crippen LogP contribution in [0.25, 0.3) is 0 Å². The summed E-state index contributed by atoms with van der Waals surface area (Å²) >= 11 is 6.11. The Morgan fingerprint density at radius 2 is 1.53 bits per heavy atom. The lowest BCUT2D eigenvalue weighted by Gasteiger charge is -2.12. The number of benzene rings is 3. The molecule has 10 heteroatoms. The minimum Gasteiger partial charge on any atom is -0.494 e. The van der Waals surface area contributed by atoms with Crippen molar-refractivity contribution in [3.63, 3.8) is 0 Å². The van der Waals surface area contributed by atoms with Gasteiger partial charge in [-0.1, -0.05) is 11.6 Å². The number of primary amides is 1. The highest BCUT2D eigenvalue weighted by atomic mass is 35.5. The number of sulfonamides is 1. The Morgan fingerprint density at radius 1 is 0.938 bits per heavy atom. The van der Waals surface area contributed by atoms with Crippen molar-refractivity contribution in [1.29, 1.82) is 0 Å². The number of carbonyl (C=O) groups excluding carboxylic acids is 2. The third-order valence-electron chi connectivity index (χ3n) is 4.33. The summed E-state index contributed by atoms with van der Waals surface area (Å²) in [6.45, 7) is 2.34. The maximum absolute atomic E-state index is 12.9. The van der Waals surface area contributed by atoms with Gasteiger partial charge in [0.25, 0.3) is 15.9 Å². The van der Waals surface area contributed by atoms with Crippen LogP contribution in [0.5, 0.6) is 5.75 Å². The molecule has 0 fully saturated rings. The molecule has 0 aliphatic rings. The molecule has 0 saturated heterocycles. The summed E-state index contributed by atoms with van der Waals surface area (Å²) in [7, 11) is -4.07. The van der Waals surface area contributed by atoms with Crippen molar-refractivity contribution in [3.8, 4) is 5.75 Å². The van der Waals surface area contributed by atoms with E-state index in [-0.39, 0.29) is 15.5 Å². The monoisotopic (exact) mass is 473 g/mol. The second-order valence-electron chi connectivity index (χ2n) is 6.60. The van der Waals surface area contributed by atoms with Gasteiger partial charge in [0.2, 0.25) is 5.91 Å². The van der Waals surface area contributed by atoms with Crippen LogP contribution in [-0.2, 0) is 10.0 Å². The maximum atomic E-state index is 12.9. The van der Waals surface area contributed by atoms with Gasteiger partial charge in [-0.05, 0) is 73.7 Å². The smallest absolute Gasteiger partial charge is 0.263 e. The Morgan fingerprint density at radius 3 is 2.12 bits per heavy atom. The predicted molar refractivity (Wildman–Crippen MR) is 123 cm³/mol. The van der Waals surface area contributed by atoms with E-state index in [1.165, 1.54) is 42.5 Å². The summed E-state index contributed by atoms with van der Waals surface area (Å²) in [6.07, 6.45) is 0. The summed E-state index contributed by atoms with van der Waals surface area (Å²) < 4.78 is 33.5. The van der Waals surface area contributed by atoms with Crippen molar-refractivity contribution < 1.29 is 22.7 Å². The summed E-state index contributed by atoms with van der Waals surface area (Å²) in [4.78, 5) is 23.5. The van der Waals surface area contributed by atoms with Crippen LogP contribution in [0.4, 0.5) is 11.4 Å². The third-order valence-corrected chi connectivity index (χ3v) is 6.19. The van der Waals surface area contributed by atoms with Crippen LogP contribution in [0.2, 0.25) is 5.02 Å². The molecule has 32 heavy (non-hydrogen) atoms. The molecule has 0 unspecified atom stereocenters. The lowest BCUT2D eigenvalue weighted by molar-refractivity contribution is 0.0998. The fraction of sp³-hybridized carbons (Fsp3) is 0.0909. The van der Waals surface area contributed by atoms with Crippen molar-refractivity contribution in [2.45, 2.75) is 11.8 Å². The molecule has 8 nitrogen and oxygen atoms in total. The molecule has 166 valence electrons. The van der Waals surface area contributed by atoms with Crippen molar-refractivity contribution in [3.05, 3.63) is 82.9 Å². The van der Waals surface area contributed by atoms with Gasteiger partial charge in [-0.2, -0.15) is 0 Å². The molecular formula is C22H20ClN3O5S. The first-order chi connectivity index (χ1) is 15.2. The van der Waals surface area contributed by atoms with Gasteiger partial charge in [0.1, 0.15) is 10.6 Å². The highest BCUT2D eigenvalue weighted by Gasteiger charge is 2.21. The van der Waals surface area contributed by atoms with Crippen molar-refractivity contribution >= 4 is 44.8 Å². The Bertz CT molecular complexity index is 1240. The number of nitrogens with two attached hydrogens (primary N) is 1. The third kappa shape index (κ3) is 5.57. The van der Waals surface area contributed by atoms with Crippen molar-refractivity contribution in [1.82, 2.24) is 0 Å². The number of halogens is 1. The van der Waals surface area contributed by atoms with E-state index < -0.39 is 21.8 Å². The topological polar surface area (TPSA) is 128 Å². The zero-order chi connectivity index (χ0) is 23.3. The van der Waals surface area contributed by atoms with E-state index in [1.54, 1.807) is 24.3 Å². The zero-order valence-electron chi connectivity index (χ0n) is 17.0. The van der Waals surface area contributed by atoms with Gasteiger partial charge >= 0.3 is 0 Å². The number of hydrogen-bond donors (Lipinski definition) is 3. The van der Waals surface area contributed by atoms with E-state index in [2.05, 4.69) is 10.0 Å². The minimum atomic E-state index is -4.07. The van der Waals surface area contributed by atoms with Gasteiger partial charge in [0.05, 0.1) is 11.6 Å². The van der Waals surface area contributed by atoms with Crippen molar-refractivity contribution in [2.75, 3.05) is 16.6 Å². The zero-order valence-corrected chi connectivity index (χ0v) is 18.5. The van der Waals surface area contributed by atoms with Gasteiger partial charge < -0.3 is 15.8 Å². The summed E-state index contributed by atoms with van der Waals surface area (Å²) in [6, 6.07) is 16.3. The number of rotatable bonds is 8. The van der Waals surface area contributed by atoms with Gasteiger partial charge in [-0.3, -0.25) is 14.3 Å². The van der Waals surface area contributed by atoms with Crippen LogP contribution in [0.15, 0.2) is 71.6 Å². The molecule has 2 amide bonds. The fourth-order valence-corrected chi connectivity index (χ4v) is 4.35. The maximum Gasteiger partial charge on any atom is 0.263 e. The Labute approximate surface area is 190 Å². The van der Waals surface area contributed by atoms with Gasteiger partial charge in [-0.15, -0.1) is 0 Å². The molecular weight excluding hydrogens is 454 g/mol. The predicted octanol–water partition coefficient (Wildman–Crippen LogP) is 3.89. The van der Waals surface area contributed by atoms with E-state index >= 15 is 0 Å². The minimum absolute atomic E-state index is 0.0363. The average Bonchev–Trinajstić information content (AvgIpc) is 2.75. The number of carbonyl (C=O) groups is 2. The highest BCUT2D eigenvalue weighted by Crippen LogP contribution is 2.26. The van der Waals surface area contributed by atoms with Gasteiger partial charge in [0, 0.05) is 22.5 Å². The molecule has 3 aromatic carbocycles. The lowest BCUT2D eigenvalue weighted by Crippen LogP contribution is -2.16. The van der Waals surface area contributed by atoms with Crippen LogP contribution < -0.4 is 20.5 Å². The molecule has 0 saturated carbocycles. The molecule has 3 aromatic rings. The molecule has 4 N–H and O–H groups in total. The number of nitrogens with one attached hydrogen (secondary N) is 2. The van der Waals surface area contributed by atoms with Crippen LogP contribution in [0, 0.1) is 0 Å². The van der Waals surface area contributed by atoms with Crippen LogP contribution in [0.1, 0.15) is 27.6 Å². The first kappa shape index (κ1) is 23.1. The first-order valence-electron chi connectivity index (χ1n) is 9.46. The summed E-state index contributed by atoms with van der Waals surface area (Å²) in [5.74, 6) is -0.530. The Balaban J connectivity index is 1.80. The number of hydrogen-bond acceptors (Lipinski definition) is 5. The Hall–Kier alpha value is -3.56.